The molecule has 172 valence electrons. The molecule has 6 N–H and O–H groups in total. The van der Waals surface area contributed by atoms with Gasteiger partial charge in [-0.15, -0.1) is 0 Å². The van der Waals surface area contributed by atoms with Crippen LogP contribution in [-0.2, 0) is 4.74 Å². The third kappa shape index (κ3) is 9.59. The average molecular weight is 415 g/mol. The molecule has 7 nitrogen and oxygen atoms in total. The molecule has 29 heavy (non-hydrogen) atoms. The Bertz CT molecular complexity index is 376. The number of ether oxygens (including phenoxy) is 1. The van der Waals surface area contributed by atoms with Gasteiger partial charge in [0, 0.05) is 50.3 Å². The van der Waals surface area contributed by atoms with Crippen LogP contribution in [-0.4, -0.2) is 87.0 Å². The molecule has 0 aromatic rings. The Balaban J connectivity index is 1.52. The summed E-state index contributed by atoms with van der Waals surface area (Å²) in [6.45, 7) is 9.78. The highest BCUT2D eigenvalue weighted by atomic mass is 16.5. The van der Waals surface area contributed by atoms with Gasteiger partial charge in [0.05, 0.1) is 26.4 Å². The molecule has 0 aliphatic heterocycles. The van der Waals surface area contributed by atoms with Crippen LogP contribution < -0.4 is 21.3 Å². The first kappa shape index (κ1) is 25.0. The summed E-state index contributed by atoms with van der Waals surface area (Å²) in [6.07, 6.45) is 7.15. The number of nitrogens with one attached hydrogen (secondary N) is 4. The summed E-state index contributed by atoms with van der Waals surface area (Å²) in [7, 11) is 0. The van der Waals surface area contributed by atoms with Crippen LogP contribution in [0.3, 0.4) is 0 Å². The van der Waals surface area contributed by atoms with Crippen molar-refractivity contribution in [3.05, 3.63) is 0 Å². The van der Waals surface area contributed by atoms with Crippen molar-refractivity contribution in [1.29, 1.82) is 0 Å². The summed E-state index contributed by atoms with van der Waals surface area (Å²) in [5.74, 6) is 1.40. The summed E-state index contributed by atoms with van der Waals surface area (Å²) in [5.41, 5.74) is 0. The van der Waals surface area contributed by atoms with Crippen LogP contribution in [0.4, 0.5) is 0 Å². The summed E-state index contributed by atoms with van der Waals surface area (Å²) in [5, 5.41) is 32.2. The SMILES string of the molecule is CC1CCC(NCCO)CC1NCCOCCNC1CC(NCCO)CCC1C. The number of rotatable bonds is 14. The standard InChI is InChI=1S/C22H46N4O3/c1-17-3-5-19(23-7-11-27)15-21(17)25-9-13-29-14-10-26-22-16-20(24-8-12-28)6-4-18(22)2/h17-28H,3-16H2,1-2H3. The second-order valence-electron chi connectivity index (χ2n) is 9.06. The van der Waals surface area contributed by atoms with E-state index in [1.165, 1.54) is 25.7 Å². The zero-order valence-electron chi connectivity index (χ0n) is 18.7. The van der Waals surface area contributed by atoms with Gasteiger partial charge in [-0.25, -0.2) is 0 Å². The fourth-order valence-corrected chi connectivity index (χ4v) is 4.86. The molecule has 6 atom stereocenters. The number of hydrogen-bond donors (Lipinski definition) is 6. The smallest absolute Gasteiger partial charge is 0.0591 e. The van der Waals surface area contributed by atoms with E-state index < -0.39 is 0 Å². The molecule has 0 aromatic heterocycles. The predicted molar refractivity (Wildman–Crippen MR) is 118 cm³/mol. The van der Waals surface area contributed by atoms with Crippen LogP contribution in [0, 0.1) is 11.8 Å². The molecule has 0 amide bonds. The minimum absolute atomic E-state index is 0.214. The van der Waals surface area contributed by atoms with E-state index in [4.69, 9.17) is 14.9 Å². The van der Waals surface area contributed by atoms with Crippen LogP contribution in [0.2, 0.25) is 0 Å². The Morgan fingerprint density at radius 1 is 0.655 bits per heavy atom. The molecular weight excluding hydrogens is 368 g/mol. The third-order valence-electron chi connectivity index (χ3n) is 6.79. The Morgan fingerprint density at radius 3 is 1.52 bits per heavy atom. The van der Waals surface area contributed by atoms with Gasteiger partial charge >= 0.3 is 0 Å². The van der Waals surface area contributed by atoms with Gasteiger partial charge < -0.3 is 36.2 Å². The lowest BCUT2D eigenvalue weighted by atomic mass is 9.83. The molecule has 2 aliphatic rings. The first-order valence-electron chi connectivity index (χ1n) is 11.9. The number of hydrogen-bond acceptors (Lipinski definition) is 7. The van der Waals surface area contributed by atoms with E-state index in [1.807, 2.05) is 0 Å². The highest BCUT2D eigenvalue weighted by Crippen LogP contribution is 2.25. The normalized spacial score (nSPS) is 33.1. The fourth-order valence-electron chi connectivity index (χ4n) is 4.86. The average Bonchev–Trinajstić information content (AvgIpc) is 2.73. The van der Waals surface area contributed by atoms with Gasteiger partial charge in [-0.3, -0.25) is 0 Å². The highest BCUT2D eigenvalue weighted by Gasteiger charge is 2.27. The Hall–Kier alpha value is -0.280. The van der Waals surface area contributed by atoms with Crippen molar-refractivity contribution in [1.82, 2.24) is 21.3 Å². The summed E-state index contributed by atoms with van der Waals surface area (Å²) < 4.78 is 5.85. The predicted octanol–water partition coefficient (Wildman–Crippen LogP) is 0.460. The largest absolute Gasteiger partial charge is 0.395 e. The van der Waals surface area contributed by atoms with Crippen LogP contribution in [0.25, 0.3) is 0 Å². The summed E-state index contributed by atoms with van der Waals surface area (Å²) in [6, 6.07) is 2.12. The number of aliphatic hydroxyl groups is 2. The summed E-state index contributed by atoms with van der Waals surface area (Å²) >= 11 is 0. The van der Waals surface area contributed by atoms with Crippen molar-refractivity contribution in [3.8, 4) is 0 Å². The van der Waals surface area contributed by atoms with Crippen LogP contribution in [0.5, 0.6) is 0 Å². The summed E-state index contributed by atoms with van der Waals surface area (Å²) in [4.78, 5) is 0. The number of aliphatic hydroxyl groups excluding tert-OH is 2. The Morgan fingerprint density at radius 2 is 1.10 bits per heavy atom. The molecule has 0 spiro atoms. The van der Waals surface area contributed by atoms with Gasteiger partial charge in [0.1, 0.15) is 0 Å². The first-order chi connectivity index (χ1) is 14.1. The molecule has 0 aromatic carbocycles. The van der Waals surface area contributed by atoms with Crippen molar-refractivity contribution in [2.75, 3.05) is 52.6 Å². The van der Waals surface area contributed by atoms with E-state index in [-0.39, 0.29) is 13.2 Å². The van der Waals surface area contributed by atoms with Crippen molar-refractivity contribution in [3.63, 3.8) is 0 Å². The maximum absolute atomic E-state index is 8.99. The first-order valence-corrected chi connectivity index (χ1v) is 11.9. The molecule has 2 rings (SSSR count). The van der Waals surface area contributed by atoms with Gasteiger partial charge in [-0.1, -0.05) is 13.8 Å². The quantitative estimate of drug-likeness (QED) is 0.230. The molecule has 0 radical (unpaired) electrons. The van der Waals surface area contributed by atoms with Gasteiger partial charge in [-0.2, -0.15) is 0 Å². The third-order valence-corrected chi connectivity index (χ3v) is 6.79. The van der Waals surface area contributed by atoms with E-state index in [2.05, 4.69) is 35.1 Å². The van der Waals surface area contributed by atoms with Crippen molar-refractivity contribution in [2.24, 2.45) is 11.8 Å². The van der Waals surface area contributed by atoms with Crippen LogP contribution in [0.15, 0.2) is 0 Å². The molecule has 2 aliphatic carbocycles. The maximum Gasteiger partial charge on any atom is 0.0591 e. The molecule has 2 saturated carbocycles. The zero-order chi connectivity index (χ0) is 20.9. The highest BCUT2D eigenvalue weighted by molar-refractivity contribution is 4.87. The van der Waals surface area contributed by atoms with Gasteiger partial charge in [0.15, 0.2) is 0 Å². The van der Waals surface area contributed by atoms with Gasteiger partial charge in [0.2, 0.25) is 0 Å². The fraction of sp³-hybridized carbons (Fsp3) is 1.00. The lowest BCUT2D eigenvalue weighted by molar-refractivity contribution is 0.120. The molecule has 6 unspecified atom stereocenters. The minimum Gasteiger partial charge on any atom is -0.395 e. The monoisotopic (exact) mass is 414 g/mol. The van der Waals surface area contributed by atoms with Gasteiger partial charge in [-0.05, 0) is 50.4 Å². The molecule has 7 heteroatoms. The molecule has 2 fully saturated rings. The van der Waals surface area contributed by atoms with Gasteiger partial charge in [0.25, 0.3) is 0 Å². The van der Waals surface area contributed by atoms with Crippen molar-refractivity contribution < 1.29 is 14.9 Å². The molecule has 0 saturated heterocycles. The molecular formula is C22H46N4O3. The maximum atomic E-state index is 8.99. The Kier molecular flexibility index (Phi) is 12.6. The molecule has 0 heterocycles. The zero-order valence-corrected chi connectivity index (χ0v) is 18.7. The second-order valence-corrected chi connectivity index (χ2v) is 9.06. The van der Waals surface area contributed by atoms with Crippen LogP contribution >= 0.6 is 0 Å². The van der Waals surface area contributed by atoms with Crippen molar-refractivity contribution >= 4 is 0 Å². The van der Waals surface area contributed by atoms with E-state index >= 15 is 0 Å². The van der Waals surface area contributed by atoms with Crippen LogP contribution in [0.1, 0.15) is 52.4 Å². The minimum atomic E-state index is 0.214. The van der Waals surface area contributed by atoms with E-state index in [9.17, 15) is 0 Å². The van der Waals surface area contributed by atoms with E-state index in [0.717, 1.165) is 39.1 Å². The molecule has 0 bridgehead atoms. The van der Waals surface area contributed by atoms with E-state index in [1.54, 1.807) is 0 Å². The van der Waals surface area contributed by atoms with E-state index in [0.29, 0.717) is 49.1 Å². The second kappa shape index (κ2) is 14.7. The lowest BCUT2D eigenvalue weighted by Crippen LogP contribution is -2.48. The van der Waals surface area contributed by atoms with Crippen molar-refractivity contribution in [2.45, 2.75) is 76.5 Å². The Labute approximate surface area is 177 Å². The lowest BCUT2D eigenvalue weighted by Gasteiger charge is -2.35. The topological polar surface area (TPSA) is 97.8 Å².